The minimum Gasteiger partial charge on any atom is -0.364 e. The second-order valence-electron chi connectivity index (χ2n) is 3.91. The van der Waals surface area contributed by atoms with E-state index in [2.05, 4.69) is 26.2 Å². The summed E-state index contributed by atoms with van der Waals surface area (Å²) >= 11 is 3.40. The molecule has 4 nitrogen and oxygen atoms in total. The zero-order chi connectivity index (χ0) is 12.1. The van der Waals surface area contributed by atoms with E-state index in [0.717, 1.165) is 10.2 Å². The number of carbonyl (C=O) groups is 1. The first-order chi connectivity index (χ1) is 7.50. The van der Waals surface area contributed by atoms with E-state index in [0.29, 0.717) is 6.54 Å². The molecule has 1 rings (SSSR count). The highest BCUT2D eigenvalue weighted by Gasteiger charge is 2.10. The fourth-order valence-corrected chi connectivity index (χ4v) is 1.90. The number of hydrogen-bond donors (Lipinski definition) is 1. The van der Waals surface area contributed by atoms with E-state index in [9.17, 15) is 4.79 Å². The van der Waals surface area contributed by atoms with Gasteiger partial charge in [0, 0.05) is 25.5 Å². The van der Waals surface area contributed by atoms with Gasteiger partial charge < -0.3 is 10.2 Å². The van der Waals surface area contributed by atoms with Gasteiger partial charge in [-0.3, -0.25) is 9.78 Å². The maximum absolute atomic E-state index is 11.6. The maximum Gasteiger partial charge on any atom is 0.239 e. The van der Waals surface area contributed by atoms with Crippen LogP contribution in [0.4, 0.5) is 5.69 Å². The highest BCUT2D eigenvalue weighted by Crippen LogP contribution is 2.23. The summed E-state index contributed by atoms with van der Waals surface area (Å²) in [5.74, 6) is 0.0150. The molecule has 0 bridgehead atoms. The van der Waals surface area contributed by atoms with Crippen molar-refractivity contribution in [3.8, 4) is 0 Å². The second kappa shape index (κ2) is 5.84. The van der Waals surface area contributed by atoms with Crippen LogP contribution in [-0.2, 0) is 4.79 Å². The molecular weight excluding hydrogens is 270 g/mol. The van der Waals surface area contributed by atoms with Crippen LogP contribution < -0.4 is 10.2 Å². The number of likely N-dealkylation sites (N-methyl/N-ethyl adjacent to an activating group) is 1. The molecule has 0 saturated heterocycles. The number of pyridine rings is 1. The summed E-state index contributed by atoms with van der Waals surface area (Å²) in [4.78, 5) is 17.4. The zero-order valence-corrected chi connectivity index (χ0v) is 11.3. The van der Waals surface area contributed by atoms with Gasteiger partial charge >= 0.3 is 0 Å². The molecule has 0 radical (unpaired) electrons. The molecule has 1 heterocycles. The third-order valence-electron chi connectivity index (χ3n) is 1.99. The summed E-state index contributed by atoms with van der Waals surface area (Å²) in [7, 11) is 1.88. The Morgan fingerprint density at radius 2 is 2.31 bits per heavy atom. The Morgan fingerprint density at radius 1 is 1.62 bits per heavy atom. The molecule has 1 N–H and O–H groups in total. The van der Waals surface area contributed by atoms with Crippen molar-refractivity contribution in [2.75, 3.05) is 18.5 Å². The number of nitrogens with one attached hydrogen (secondary N) is 1. The molecule has 88 valence electrons. The van der Waals surface area contributed by atoms with Crippen molar-refractivity contribution < 1.29 is 4.79 Å². The summed E-state index contributed by atoms with van der Waals surface area (Å²) in [5, 5.41) is 2.85. The Kier molecular flexibility index (Phi) is 4.73. The Bertz CT molecular complexity index is 368. The van der Waals surface area contributed by atoms with E-state index in [1.807, 2.05) is 31.9 Å². The topological polar surface area (TPSA) is 45.2 Å². The van der Waals surface area contributed by atoms with Crippen molar-refractivity contribution >= 4 is 27.5 Å². The number of carbonyl (C=O) groups excluding carboxylic acids is 1. The Balaban J connectivity index is 2.62. The van der Waals surface area contributed by atoms with Crippen molar-refractivity contribution in [1.82, 2.24) is 10.3 Å². The van der Waals surface area contributed by atoms with Gasteiger partial charge in [0.05, 0.1) is 16.7 Å². The molecule has 0 fully saturated rings. The maximum atomic E-state index is 11.6. The lowest BCUT2D eigenvalue weighted by Gasteiger charge is -2.20. The minimum atomic E-state index is 0.0150. The average Bonchev–Trinajstić information content (AvgIpc) is 2.16. The van der Waals surface area contributed by atoms with Gasteiger partial charge in [0.25, 0.3) is 0 Å². The summed E-state index contributed by atoms with van der Waals surface area (Å²) in [6.07, 6.45) is 3.42. The molecular formula is C11H16BrN3O. The fourth-order valence-electron chi connectivity index (χ4n) is 1.35. The van der Waals surface area contributed by atoms with Gasteiger partial charge in [0.15, 0.2) is 0 Å². The second-order valence-corrected chi connectivity index (χ2v) is 4.76. The Morgan fingerprint density at radius 3 is 2.88 bits per heavy atom. The van der Waals surface area contributed by atoms with Gasteiger partial charge in [-0.2, -0.15) is 0 Å². The third kappa shape index (κ3) is 3.81. The lowest BCUT2D eigenvalue weighted by Crippen LogP contribution is -2.38. The Hall–Kier alpha value is -1.10. The van der Waals surface area contributed by atoms with Crippen molar-refractivity contribution in [3.63, 3.8) is 0 Å². The van der Waals surface area contributed by atoms with Crippen LogP contribution in [0, 0.1) is 0 Å². The van der Waals surface area contributed by atoms with Crippen LogP contribution in [-0.4, -0.2) is 30.5 Å². The van der Waals surface area contributed by atoms with Crippen molar-refractivity contribution in [2.45, 2.75) is 19.9 Å². The summed E-state index contributed by atoms with van der Waals surface area (Å²) in [6, 6.07) is 2.04. The van der Waals surface area contributed by atoms with Crippen LogP contribution in [0.25, 0.3) is 0 Å². The number of aromatic nitrogens is 1. The molecule has 16 heavy (non-hydrogen) atoms. The van der Waals surface area contributed by atoms with Gasteiger partial charge in [0.1, 0.15) is 0 Å². The number of anilines is 1. The lowest BCUT2D eigenvalue weighted by molar-refractivity contribution is -0.120. The van der Waals surface area contributed by atoms with E-state index >= 15 is 0 Å². The Labute approximate surface area is 104 Å². The van der Waals surface area contributed by atoms with E-state index in [4.69, 9.17) is 0 Å². The standard InChI is InChI=1S/C11H16BrN3O/c1-8(2)14-11(16)7-15(3)10-4-5-13-6-9(10)12/h4-6,8H,7H2,1-3H3,(H,14,16). The number of amides is 1. The SMILES string of the molecule is CC(C)NC(=O)CN(C)c1ccncc1Br. The summed E-state index contributed by atoms with van der Waals surface area (Å²) in [5.41, 5.74) is 0.953. The quantitative estimate of drug-likeness (QED) is 0.918. The molecule has 0 aliphatic carbocycles. The highest BCUT2D eigenvalue weighted by atomic mass is 79.9. The van der Waals surface area contributed by atoms with Gasteiger partial charge in [-0.25, -0.2) is 0 Å². The van der Waals surface area contributed by atoms with Crippen molar-refractivity contribution in [1.29, 1.82) is 0 Å². The van der Waals surface area contributed by atoms with Crippen molar-refractivity contribution in [3.05, 3.63) is 22.9 Å². The predicted octanol–water partition coefficient (Wildman–Crippen LogP) is 1.80. The molecule has 1 amide bonds. The largest absolute Gasteiger partial charge is 0.364 e. The van der Waals surface area contributed by atoms with E-state index in [-0.39, 0.29) is 11.9 Å². The van der Waals surface area contributed by atoms with Crippen LogP contribution >= 0.6 is 15.9 Å². The lowest BCUT2D eigenvalue weighted by atomic mass is 10.3. The van der Waals surface area contributed by atoms with Gasteiger partial charge in [-0.1, -0.05) is 0 Å². The summed E-state index contributed by atoms with van der Waals surface area (Å²) < 4.78 is 0.884. The summed E-state index contributed by atoms with van der Waals surface area (Å²) in [6.45, 7) is 4.22. The molecule has 5 heteroatoms. The monoisotopic (exact) mass is 285 g/mol. The first-order valence-electron chi connectivity index (χ1n) is 5.10. The van der Waals surface area contributed by atoms with Crippen LogP contribution in [0.2, 0.25) is 0 Å². The van der Waals surface area contributed by atoms with Gasteiger partial charge in [-0.15, -0.1) is 0 Å². The minimum absolute atomic E-state index is 0.0150. The van der Waals surface area contributed by atoms with Crippen LogP contribution in [0.15, 0.2) is 22.9 Å². The number of rotatable bonds is 4. The van der Waals surface area contributed by atoms with E-state index < -0.39 is 0 Å². The molecule has 1 aromatic heterocycles. The molecule has 0 spiro atoms. The number of hydrogen-bond acceptors (Lipinski definition) is 3. The molecule has 0 aliphatic heterocycles. The number of nitrogens with zero attached hydrogens (tertiary/aromatic N) is 2. The third-order valence-corrected chi connectivity index (χ3v) is 2.60. The highest BCUT2D eigenvalue weighted by molar-refractivity contribution is 9.10. The zero-order valence-electron chi connectivity index (χ0n) is 9.70. The average molecular weight is 286 g/mol. The first-order valence-corrected chi connectivity index (χ1v) is 5.90. The van der Waals surface area contributed by atoms with Gasteiger partial charge in [-0.05, 0) is 35.8 Å². The van der Waals surface area contributed by atoms with Crippen LogP contribution in [0.1, 0.15) is 13.8 Å². The smallest absolute Gasteiger partial charge is 0.239 e. The first kappa shape index (κ1) is 13.0. The molecule has 0 atom stereocenters. The fraction of sp³-hybridized carbons (Fsp3) is 0.455. The molecule has 0 unspecified atom stereocenters. The van der Waals surface area contributed by atoms with E-state index in [1.165, 1.54) is 0 Å². The normalized spacial score (nSPS) is 10.3. The molecule has 0 aliphatic rings. The molecule has 1 aromatic rings. The van der Waals surface area contributed by atoms with Crippen molar-refractivity contribution in [2.24, 2.45) is 0 Å². The molecule has 0 saturated carbocycles. The van der Waals surface area contributed by atoms with Gasteiger partial charge in [0.2, 0.25) is 5.91 Å². The van der Waals surface area contributed by atoms with E-state index in [1.54, 1.807) is 12.4 Å². The number of halogens is 1. The van der Waals surface area contributed by atoms with Crippen LogP contribution in [0.3, 0.4) is 0 Å². The molecule has 0 aromatic carbocycles. The predicted molar refractivity (Wildman–Crippen MR) is 68.5 cm³/mol. The van der Waals surface area contributed by atoms with Crippen LogP contribution in [0.5, 0.6) is 0 Å².